The minimum absolute atomic E-state index is 0.0599. The molecule has 0 bridgehead atoms. The zero-order valence-electron chi connectivity index (χ0n) is 20.0. The number of hydrogen-bond acceptors (Lipinski definition) is 5. The van der Waals surface area contributed by atoms with Crippen LogP contribution in [0, 0.1) is 20.8 Å². The van der Waals surface area contributed by atoms with Crippen LogP contribution in [-0.4, -0.2) is 51.8 Å². The molecule has 4 rings (SSSR count). The van der Waals surface area contributed by atoms with Crippen molar-refractivity contribution in [1.29, 1.82) is 0 Å². The molecule has 0 spiro atoms. The molecule has 7 heteroatoms. The summed E-state index contributed by atoms with van der Waals surface area (Å²) in [5.74, 6) is -0.0599. The van der Waals surface area contributed by atoms with Gasteiger partial charge in [-0.05, 0) is 63.2 Å². The minimum Gasteiger partial charge on any atom is -0.302 e. The van der Waals surface area contributed by atoms with Gasteiger partial charge in [0.1, 0.15) is 0 Å². The quantitative estimate of drug-likeness (QED) is 0.353. The number of hydrogen-bond donors (Lipinski definition) is 0. The van der Waals surface area contributed by atoms with Crippen molar-refractivity contribution < 1.29 is 4.79 Å². The summed E-state index contributed by atoms with van der Waals surface area (Å²) in [4.78, 5) is 22.9. The van der Waals surface area contributed by atoms with Crippen LogP contribution in [0.1, 0.15) is 41.0 Å². The normalized spacial score (nSPS) is 11.5. The van der Waals surface area contributed by atoms with Gasteiger partial charge in [0.25, 0.3) is 5.91 Å². The second kappa shape index (κ2) is 9.85. The molecule has 0 saturated carbocycles. The highest BCUT2D eigenvalue weighted by atomic mass is 32.1. The number of carbonyl (C=O) groups excluding carboxylic acids is 1. The molecular formula is C26H31N5OS. The van der Waals surface area contributed by atoms with Gasteiger partial charge in [-0.25, -0.2) is 9.67 Å². The van der Waals surface area contributed by atoms with Crippen LogP contribution in [-0.2, 0) is 0 Å². The minimum atomic E-state index is -0.0599. The number of likely N-dealkylation sites (N-methyl/N-ethyl adjacent to an activating group) is 1. The van der Waals surface area contributed by atoms with Gasteiger partial charge in [-0.2, -0.15) is 5.10 Å². The van der Waals surface area contributed by atoms with Gasteiger partial charge in [-0.3, -0.25) is 9.69 Å². The molecule has 0 aliphatic rings. The Morgan fingerprint density at radius 1 is 1.03 bits per heavy atom. The number of carbonyl (C=O) groups is 1. The molecular weight excluding hydrogens is 430 g/mol. The van der Waals surface area contributed by atoms with Gasteiger partial charge in [0.15, 0.2) is 5.13 Å². The molecule has 172 valence electrons. The van der Waals surface area contributed by atoms with E-state index < -0.39 is 0 Å². The SMILES string of the molecule is CCN(CC)CCN(C(=O)c1cnn(-c2ccccc2)c1C)c1nc2c(C)cc(C)cc2s1. The largest absolute Gasteiger partial charge is 0.302 e. The number of fused-ring (bicyclic) bond motifs is 1. The first kappa shape index (κ1) is 23.1. The third-order valence-corrected chi connectivity index (χ3v) is 7.10. The van der Waals surface area contributed by atoms with Crippen LogP contribution in [0.2, 0.25) is 0 Å². The molecule has 4 aromatic rings. The standard InChI is InChI=1S/C26H31N5OS/c1-6-29(7-2)13-14-30(26-28-24-19(4)15-18(3)16-23(24)33-26)25(32)22-17-27-31(20(22)5)21-11-9-8-10-12-21/h8-12,15-17H,6-7,13-14H2,1-5H3. The molecule has 1 amide bonds. The van der Waals surface area contributed by atoms with Gasteiger partial charge < -0.3 is 4.90 Å². The van der Waals surface area contributed by atoms with Gasteiger partial charge in [0, 0.05) is 13.1 Å². The molecule has 33 heavy (non-hydrogen) atoms. The van der Waals surface area contributed by atoms with Crippen LogP contribution in [0.15, 0.2) is 48.7 Å². The molecule has 2 heterocycles. The predicted molar refractivity (Wildman–Crippen MR) is 137 cm³/mol. The van der Waals surface area contributed by atoms with E-state index in [-0.39, 0.29) is 5.91 Å². The average molecular weight is 462 g/mol. The predicted octanol–water partition coefficient (Wildman–Crippen LogP) is 5.40. The molecule has 0 atom stereocenters. The number of amides is 1. The lowest BCUT2D eigenvalue weighted by molar-refractivity contribution is 0.0983. The number of thiazole rings is 1. The van der Waals surface area contributed by atoms with Crippen molar-refractivity contribution in [2.24, 2.45) is 0 Å². The number of nitrogens with zero attached hydrogens (tertiary/aromatic N) is 5. The van der Waals surface area contributed by atoms with Crippen molar-refractivity contribution in [1.82, 2.24) is 19.7 Å². The number of para-hydroxylation sites is 1. The third kappa shape index (κ3) is 4.70. The van der Waals surface area contributed by atoms with E-state index >= 15 is 0 Å². The van der Waals surface area contributed by atoms with Crippen molar-refractivity contribution >= 4 is 32.6 Å². The summed E-state index contributed by atoms with van der Waals surface area (Å²) in [7, 11) is 0. The van der Waals surface area contributed by atoms with Crippen LogP contribution < -0.4 is 4.90 Å². The maximum atomic E-state index is 13.8. The zero-order chi connectivity index (χ0) is 23.5. The van der Waals surface area contributed by atoms with Gasteiger partial charge in [0.05, 0.1) is 33.4 Å². The third-order valence-electron chi connectivity index (χ3n) is 6.07. The second-order valence-corrected chi connectivity index (χ2v) is 9.31. The molecule has 0 unspecified atom stereocenters. The molecule has 0 N–H and O–H groups in total. The summed E-state index contributed by atoms with van der Waals surface area (Å²) >= 11 is 1.58. The van der Waals surface area contributed by atoms with Crippen molar-refractivity contribution in [3.05, 3.63) is 71.0 Å². The van der Waals surface area contributed by atoms with Gasteiger partial charge in [0.2, 0.25) is 0 Å². The van der Waals surface area contributed by atoms with E-state index in [1.807, 2.05) is 46.8 Å². The van der Waals surface area contributed by atoms with Crippen LogP contribution in [0.4, 0.5) is 5.13 Å². The number of anilines is 1. The Bertz CT molecular complexity index is 1260. The summed E-state index contributed by atoms with van der Waals surface area (Å²) in [5.41, 5.74) is 5.68. The van der Waals surface area contributed by atoms with Gasteiger partial charge in [-0.1, -0.05) is 49.4 Å². The Kier molecular flexibility index (Phi) is 6.91. The van der Waals surface area contributed by atoms with Crippen molar-refractivity contribution in [2.45, 2.75) is 34.6 Å². The van der Waals surface area contributed by atoms with E-state index in [4.69, 9.17) is 4.98 Å². The Labute approximate surface area is 199 Å². The summed E-state index contributed by atoms with van der Waals surface area (Å²) in [6.45, 7) is 13.7. The zero-order valence-corrected chi connectivity index (χ0v) is 20.8. The topological polar surface area (TPSA) is 54.3 Å². The lowest BCUT2D eigenvalue weighted by Gasteiger charge is -2.24. The van der Waals surface area contributed by atoms with Crippen LogP contribution in [0.5, 0.6) is 0 Å². The van der Waals surface area contributed by atoms with Crippen molar-refractivity contribution in [3.8, 4) is 5.69 Å². The van der Waals surface area contributed by atoms with E-state index in [1.165, 1.54) is 5.56 Å². The number of benzene rings is 2. The fourth-order valence-corrected chi connectivity index (χ4v) is 5.30. The van der Waals surface area contributed by atoms with E-state index in [0.29, 0.717) is 12.1 Å². The number of aromatic nitrogens is 3. The monoisotopic (exact) mass is 461 g/mol. The summed E-state index contributed by atoms with van der Waals surface area (Å²) in [6.07, 6.45) is 1.68. The van der Waals surface area contributed by atoms with Crippen LogP contribution in [0.25, 0.3) is 15.9 Å². The smallest absolute Gasteiger partial charge is 0.263 e. The summed E-state index contributed by atoms with van der Waals surface area (Å²) < 4.78 is 2.93. The lowest BCUT2D eigenvalue weighted by atomic mass is 10.1. The van der Waals surface area contributed by atoms with Gasteiger partial charge in [-0.15, -0.1) is 0 Å². The van der Waals surface area contributed by atoms with Crippen molar-refractivity contribution in [2.75, 3.05) is 31.1 Å². The maximum Gasteiger partial charge on any atom is 0.263 e. The highest BCUT2D eigenvalue weighted by molar-refractivity contribution is 7.22. The first-order valence-electron chi connectivity index (χ1n) is 11.4. The molecule has 0 aliphatic heterocycles. The van der Waals surface area contributed by atoms with E-state index in [2.05, 4.69) is 49.8 Å². The fourth-order valence-electron chi connectivity index (χ4n) is 4.13. The first-order valence-corrected chi connectivity index (χ1v) is 12.3. The Morgan fingerprint density at radius 3 is 2.45 bits per heavy atom. The highest BCUT2D eigenvalue weighted by Gasteiger charge is 2.25. The summed E-state index contributed by atoms with van der Waals surface area (Å²) in [5, 5.41) is 5.26. The fraction of sp³-hybridized carbons (Fsp3) is 0.346. The molecule has 0 saturated heterocycles. The Hall–Kier alpha value is -3.03. The Morgan fingerprint density at radius 2 is 1.76 bits per heavy atom. The lowest BCUT2D eigenvalue weighted by Crippen LogP contribution is -2.39. The average Bonchev–Trinajstić information content (AvgIpc) is 3.41. The number of rotatable bonds is 8. The van der Waals surface area contributed by atoms with Crippen LogP contribution in [0.3, 0.4) is 0 Å². The molecule has 0 radical (unpaired) electrons. The number of aryl methyl sites for hydroxylation is 2. The second-order valence-electron chi connectivity index (χ2n) is 8.30. The van der Waals surface area contributed by atoms with E-state index in [1.54, 1.807) is 17.5 Å². The molecule has 0 fully saturated rings. The van der Waals surface area contributed by atoms with Gasteiger partial charge >= 0.3 is 0 Å². The van der Waals surface area contributed by atoms with Crippen molar-refractivity contribution in [3.63, 3.8) is 0 Å². The van der Waals surface area contributed by atoms with E-state index in [9.17, 15) is 4.79 Å². The molecule has 2 aromatic heterocycles. The Balaban J connectivity index is 1.73. The highest BCUT2D eigenvalue weighted by Crippen LogP contribution is 2.32. The first-order chi connectivity index (χ1) is 15.9. The molecule has 6 nitrogen and oxygen atoms in total. The van der Waals surface area contributed by atoms with E-state index in [0.717, 1.165) is 51.9 Å². The molecule has 0 aliphatic carbocycles. The molecule has 2 aromatic carbocycles. The summed E-state index contributed by atoms with van der Waals surface area (Å²) in [6, 6.07) is 14.2. The maximum absolute atomic E-state index is 13.8. The van der Waals surface area contributed by atoms with Crippen LogP contribution >= 0.6 is 11.3 Å².